The normalized spacial score (nSPS) is 13.3. The summed E-state index contributed by atoms with van der Waals surface area (Å²) in [4.78, 5) is 41.5. The van der Waals surface area contributed by atoms with E-state index in [1.54, 1.807) is 31.2 Å². The summed E-state index contributed by atoms with van der Waals surface area (Å²) in [5, 5.41) is 0. The lowest BCUT2D eigenvalue weighted by molar-refractivity contribution is -0.145. The first kappa shape index (κ1) is 16.9. The molecule has 2 heterocycles. The number of nitrogens with zero attached hydrogens (tertiary/aromatic N) is 2. The van der Waals surface area contributed by atoms with Gasteiger partial charge in [0.15, 0.2) is 6.61 Å². The lowest BCUT2D eigenvalue weighted by atomic mass is 10.1. The standard InChI is InChI=1S/C18H18N2O5/c1-11-12(2)25-15(19-11)10-24-16(21)8-5-9-20-17(22)13-6-3-4-7-14(13)18(20)23/h3-4,6-7H,5,8-10H2,1-2H3. The molecule has 0 saturated carbocycles. The number of fused-ring (bicyclic) bond motifs is 1. The van der Waals surface area contributed by atoms with Crippen molar-refractivity contribution in [2.45, 2.75) is 33.3 Å². The second kappa shape index (κ2) is 6.88. The first-order valence-electron chi connectivity index (χ1n) is 8.01. The molecule has 7 nitrogen and oxygen atoms in total. The average molecular weight is 342 g/mol. The Labute approximate surface area is 144 Å². The molecular formula is C18H18N2O5. The molecule has 130 valence electrons. The van der Waals surface area contributed by atoms with Crippen LogP contribution in [0.15, 0.2) is 28.7 Å². The Kier molecular flexibility index (Phi) is 4.65. The third-order valence-electron chi connectivity index (χ3n) is 4.07. The summed E-state index contributed by atoms with van der Waals surface area (Å²) in [6.45, 7) is 3.75. The number of amides is 2. The number of benzene rings is 1. The average Bonchev–Trinajstić information content (AvgIpc) is 3.05. The van der Waals surface area contributed by atoms with E-state index in [1.165, 1.54) is 4.90 Å². The second-order valence-corrected chi connectivity index (χ2v) is 5.82. The number of aromatic nitrogens is 1. The summed E-state index contributed by atoms with van der Waals surface area (Å²) in [6, 6.07) is 6.70. The first-order valence-corrected chi connectivity index (χ1v) is 8.01. The summed E-state index contributed by atoms with van der Waals surface area (Å²) < 4.78 is 10.4. The summed E-state index contributed by atoms with van der Waals surface area (Å²) in [7, 11) is 0. The van der Waals surface area contributed by atoms with Crippen LogP contribution in [0.3, 0.4) is 0 Å². The Hall–Kier alpha value is -2.96. The summed E-state index contributed by atoms with van der Waals surface area (Å²) >= 11 is 0. The molecule has 7 heteroatoms. The van der Waals surface area contributed by atoms with Crippen LogP contribution in [0.1, 0.15) is 50.9 Å². The van der Waals surface area contributed by atoms with Crippen LogP contribution in [0.4, 0.5) is 0 Å². The molecule has 1 aliphatic rings. The van der Waals surface area contributed by atoms with Gasteiger partial charge in [-0.3, -0.25) is 19.3 Å². The topological polar surface area (TPSA) is 89.7 Å². The van der Waals surface area contributed by atoms with Crippen LogP contribution in [0.2, 0.25) is 0 Å². The Balaban J connectivity index is 1.46. The van der Waals surface area contributed by atoms with E-state index in [0.29, 0.717) is 29.2 Å². The number of ether oxygens (including phenoxy) is 1. The number of esters is 1. The van der Waals surface area contributed by atoms with Crippen LogP contribution in [0.5, 0.6) is 0 Å². The molecule has 25 heavy (non-hydrogen) atoms. The van der Waals surface area contributed by atoms with Crippen molar-refractivity contribution in [2.24, 2.45) is 0 Å². The van der Waals surface area contributed by atoms with E-state index in [9.17, 15) is 14.4 Å². The fourth-order valence-electron chi connectivity index (χ4n) is 2.64. The monoisotopic (exact) mass is 342 g/mol. The van der Waals surface area contributed by atoms with Crippen LogP contribution >= 0.6 is 0 Å². The van der Waals surface area contributed by atoms with Crippen LogP contribution in [-0.2, 0) is 16.1 Å². The fourth-order valence-corrected chi connectivity index (χ4v) is 2.64. The SMILES string of the molecule is Cc1nc(COC(=O)CCCN2C(=O)c3ccccc3C2=O)oc1C. The van der Waals surface area contributed by atoms with Crippen molar-refractivity contribution in [3.8, 4) is 0 Å². The van der Waals surface area contributed by atoms with E-state index >= 15 is 0 Å². The van der Waals surface area contributed by atoms with Crippen LogP contribution < -0.4 is 0 Å². The van der Waals surface area contributed by atoms with Gasteiger partial charge in [-0.1, -0.05) is 12.1 Å². The smallest absolute Gasteiger partial charge is 0.306 e. The number of imide groups is 1. The molecule has 0 aliphatic carbocycles. The number of oxazole rings is 1. The maximum atomic E-state index is 12.2. The molecule has 2 amide bonds. The summed E-state index contributed by atoms with van der Waals surface area (Å²) in [5.41, 5.74) is 1.58. The highest BCUT2D eigenvalue weighted by Crippen LogP contribution is 2.22. The zero-order chi connectivity index (χ0) is 18.0. The molecule has 2 aromatic rings. The summed E-state index contributed by atoms with van der Waals surface area (Å²) in [5.74, 6) is -0.0232. The molecule has 1 aromatic heterocycles. The number of carbonyl (C=O) groups is 3. The van der Waals surface area contributed by atoms with Crippen molar-refractivity contribution >= 4 is 17.8 Å². The quantitative estimate of drug-likeness (QED) is 0.591. The van der Waals surface area contributed by atoms with Crippen molar-refractivity contribution < 1.29 is 23.5 Å². The van der Waals surface area contributed by atoms with Crippen molar-refractivity contribution in [3.05, 3.63) is 52.7 Å². The Morgan fingerprint density at radius 1 is 1.16 bits per heavy atom. The molecule has 0 bridgehead atoms. The minimum Gasteiger partial charge on any atom is -0.456 e. The maximum Gasteiger partial charge on any atom is 0.306 e. The van der Waals surface area contributed by atoms with E-state index in [4.69, 9.17) is 9.15 Å². The van der Waals surface area contributed by atoms with E-state index in [1.807, 2.05) is 6.92 Å². The first-order chi connectivity index (χ1) is 12.0. The Morgan fingerprint density at radius 3 is 2.36 bits per heavy atom. The van der Waals surface area contributed by atoms with Crippen molar-refractivity contribution in [1.82, 2.24) is 9.88 Å². The van der Waals surface area contributed by atoms with E-state index in [0.717, 1.165) is 5.69 Å². The molecule has 1 aliphatic heterocycles. The Bertz CT molecular complexity index is 785. The molecule has 0 spiro atoms. The van der Waals surface area contributed by atoms with E-state index < -0.39 is 5.97 Å². The summed E-state index contributed by atoms with van der Waals surface area (Å²) in [6.07, 6.45) is 0.444. The van der Waals surface area contributed by atoms with Crippen LogP contribution in [0, 0.1) is 13.8 Å². The van der Waals surface area contributed by atoms with Crippen LogP contribution in [-0.4, -0.2) is 34.2 Å². The number of hydrogen-bond acceptors (Lipinski definition) is 6. The van der Waals surface area contributed by atoms with Gasteiger partial charge in [0, 0.05) is 13.0 Å². The third kappa shape index (κ3) is 3.45. The van der Waals surface area contributed by atoms with Gasteiger partial charge in [-0.05, 0) is 32.4 Å². The van der Waals surface area contributed by atoms with Gasteiger partial charge in [0.2, 0.25) is 5.89 Å². The number of rotatable bonds is 6. The molecule has 3 rings (SSSR count). The van der Waals surface area contributed by atoms with Gasteiger partial charge in [-0.25, -0.2) is 4.98 Å². The van der Waals surface area contributed by atoms with E-state index in [2.05, 4.69) is 4.98 Å². The molecular weight excluding hydrogens is 324 g/mol. The maximum absolute atomic E-state index is 12.2. The molecule has 0 radical (unpaired) electrons. The highest BCUT2D eigenvalue weighted by molar-refractivity contribution is 6.21. The fraction of sp³-hybridized carbons (Fsp3) is 0.333. The van der Waals surface area contributed by atoms with Gasteiger partial charge < -0.3 is 9.15 Å². The van der Waals surface area contributed by atoms with Gasteiger partial charge in [0.25, 0.3) is 11.8 Å². The second-order valence-electron chi connectivity index (χ2n) is 5.82. The lowest BCUT2D eigenvalue weighted by Crippen LogP contribution is -2.31. The highest BCUT2D eigenvalue weighted by Gasteiger charge is 2.34. The van der Waals surface area contributed by atoms with Gasteiger partial charge in [-0.15, -0.1) is 0 Å². The van der Waals surface area contributed by atoms with Gasteiger partial charge in [0.1, 0.15) is 5.76 Å². The predicted octanol–water partition coefficient (Wildman–Crippen LogP) is 2.41. The molecule has 0 saturated heterocycles. The van der Waals surface area contributed by atoms with Crippen molar-refractivity contribution in [1.29, 1.82) is 0 Å². The minimum atomic E-state index is -0.426. The molecule has 0 fully saturated rings. The minimum absolute atomic E-state index is 0.0273. The number of hydrogen-bond donors (Lipinski definition) is 0. The van der Waals surface area contributed by atoms with Gasteiger partial charge >= 0.3 is 5.97 Å². The Morgan fingerprint density at radius 2 is 1.80 bits per heavy atom. The van der Waals surface area contributed by atoms with Gasteiger partial charge in [0.05, 0.1) is 16.8 Å². The largest absolute Gasteiger partial charge is 0.456 e. The molecule has 0 unspecified atom stereocenters. The molecule has 1 aromatic carbocycles. The van der Waals surface area contributed by atoms with Crippen molar-refractivity contribution in [3.63, 3.8) is 0 Å². The third-order valence-corrected chi connectivity index (χ3v) is 4.07. The van der Waals surface area contributed by atoms with Crippen molar-refractivity contribution in [2.75, 3.05) is 6.54 Å². The molecule has 0 atom stereocenters. The van der Waals surface area contributed by atoms with E-state index in [-0.39, 0.29) is 31.4 Å². The number of carbonyl (C=O) groups excluding carboxylic acids is 3. The highest BCUT2D eigenvalue weighted by atomic mass is 16.5. The molecule has 0 N–H and O–H groups in total. The van der Waals surface area contributed by atoms with Gasteiger partial charge in [-0.2, -0.15) is 0 Å². The zero-order valence-electron chi connectivity index (χ0n) is 14.1. The predicted molar refractivity (Wildman–Crippen MR) is 86.8 cm³/mol. The lowest BCUT2D eigenvalue weighted by Gasteiger charge is -2.13. The van der Waals surface area contributed by atoms with Crippen LogP contribution in [0.25, 0.3) is 0 Å². The number of aryl methyl sites for hydroxylation is 2. The zero-order valence-corrected chi connectivity index (χ0v) is 14.1.